The Balaban J connectivity index is 2.36. The van der Waals surface area contributed by atoms with Crippen LogP contribution in [0.2, 0.25) is 0 Å². The molecule has 1 saturated carbocycles. The zero-order chi connectivity index (χ0) is 13.5. The Hall–Kier alpha value is -1.30. The van der Waals surface area contributed by atoms with Crippen molar-refractivity contribution < 1.29 is 19.8 Å². The molecule has 0 aliphatic heterocycles. The topological polar surface area (TPSA) is 98.7 Å². The standard InChI is InChI=1S/C12H22N2O4/c1-8(9-4-2-3-5-9)13-12(18)14-10(6-7-15)11(16)17/h8-10,15H,2-7H2,1H3,(H,16,17)(H2,13,14,18)/t8?,10-/m0/s1. The van der Waals surface area contributed by atoms with Crippen LogP contribution in [-0.2, 0) is 4.79 Å². The minimum absolute atomic E-state index is 0.0144. The largest absolute Gasteiger partial charge is 0.480 e. The second kappa shape index (κ2) is 7.20. The predicted molar refractivity (Wildman–Crippen MR) is 66.2 cm³/mol. The van der Waals surface area contributed by atoms with Gasteiger partial charge in [-0.2, -0.15) is 0 Å². The molecule has 0 radical (unpaired) electrons. The molecule has 0 aromatic rings. The Morgan fingerprint density at radius 2 is 1.89 bits per heavy atom. The van der Waals surface area contributed by atoms with E-state index in [4.69, 9.17) is 10.2 Å². The van der Waals surface area contributed by atoms with E-state index >= 15 is 0 Å². The lowest BCUT2D eigenvalue weighted by molar-refractivity contribution is -0.139. The Labute approximate surface area is 107 Å². The minimum atomic E-state index is -1.13. The third kappa shape index (κ3) is 4.52. The zero-order valence-corrected chi connectivity index (χ0v) is 10.7. The van der Waals surface area contributed by atoms with Crippen molar-refractivity contribution in [1.29, 1.82) is 0 Å². The number of hydrogen-bond acceptors (Lipinski definition) is 3. The van der Waals surface area contributed by atoms with Crippen molar-refractivity contribution in [2.24, 2.45) is 5.92 Å². The number of carboxylic acids is 1. The lowest BCUT2D eigenvalue weighted by atomic mass is 10.0. The third-order valence-corrected chi connectivity index (χ3v) is 3.49. The molecule has 1 fully saturated rings. The predicted octanol–water partition coefficient (Wildman–Crippen LogP) is 0.700. The first kappa shape index (κ1) is 14.8. The van der Waals surface area contributed by atoms with Crippen molar-refractivity contribution in [2.45, 2.75) is 51.1 Å². The van der Waals surface area contributed by atoms with Gasteiger partial charge < -0.3 is 20.8 Å². The van der Waals surface area contributed by atoms with Gasteiger partial charge in [0.05, 0.1) is 0 Å². The number of aliphatic hydroxyl groups excluding tert-OH is 1. The average molecular weight is 258 g/mol. The number of carboxylic acid groups (broad SMARTS) is 1. The summed E-state index contributed by atoms with van der Waals surface area (Å²) in [6, 6.07) is -1.46. The van der Waals surface area contributed by atoms with Crippen molar-refractivity contribution in [3.63, 3.8) is 0 Å². The van der Waals surface area contributed by atoms with Crippen LogP contribution in [-0.4, -0.2) is 40.9 Å². The van der Waals surface area contributed by atoms with Crippen LogP contribution in [0.5, 0.6) is 0 Å². The number of carbonyl (C=O) groups excluding carboxylic acids is 1. The molecule has 104 valence electrons. The molecule has 1 unspecified atom stereocenters. The fraction of sp³-hybridized carbons (Fsp3) is 0.833. The summed E-state index contributed by atoms with van der Waals surface area (Å²) < 4.78 is 0. The van der Waals surface area contributed by atoms with E-state index in [0.29, 0.717) is 5.92 Å². The van der Waals surface area contributed by atoms with Gasteiger partial charge in [-0.05, 0) is 25.7 Å². The SMILES string of the molecule is CC(NC(=O)N[C@@H](CCO)C(=O)O)C1CCCC1. The van der Waals surface area contributed by atoms with Gasteiger partial charge in [0.2, 0.25) is 0 Å². The second-order valence-corrected chi connectivity index (χ2v) is 4.85. The van der Waals surface area contributed by atoms with Gasteiger partial charge in [-0.1, -0.05) is 12.8 Å². The monoisotopic (exact) mass is 258 g/mol. The highest BCUT2D eigenvalue weighted by molar-refractivity contribution is 5.82. The van der Waals surface area contributed by atoms with Gasteiger partial charge in [0.25, 0.3) is 0 Å². The molecule has 0 bridgehead atoms. The van der Waals surface area contributed by atoms with E-state index in [1.54, 1.807) is 0 Å². The first-order chi connectivity index (χ1) is 8.54. The highest BCUT2D eigenvalue weighted by Crippen LogP contribution is 2.27. The molecule has 0 saturated heterocycles. The fourth-order valence-electron chi connectivity index (χ4n) is 2.37. The molecule has 6 heteroatoms. The third-order valence-electron chi connectivity index (χ3n) is 3.49. The summed E-state index contributed by atoms with van der Waals surface area (Å²) in [7, 11) is 0. The summed E-state index contributed by atoms with van der Waals surface area (Å²) in [6.07, 6.45) is 4.63. The number of nitrogens with one attached hydrogen (secondary N) is 2. The van der Waals surface area contributed by atoms with Gasteiger partial charge in [-0.15, -0.1) is 0 Å². The Bertz CT molecular complexity index is 290. The minimum Gasteiger partial charge on any atom is -0.480 e. The van der Waals surface area contributed by atoms with Crippen LogP contribution in [0.3, 0.4) is 0 Å². The summed E-state index contributed by atoms with van der Waals surface area (Å²) in [5.74, 6) is -0.649. The Morgan fingerprint density at radius 1 is 1.28 bits per heavy atom. The molecule has 0 spiro atoms. The van der Waals surface area contributed by atoms with Crippen LogP contribution in [0.4, 0.5) is 4.79 Å². The van der Waals surface area contributed by atoms with Crippen molar-refractivity contribution in [1.82, 2.24) is 10.6 Å². The fourth-order valence-corrected chi connectivity index (χ4v) is 2.37. The average Bonchev–Trinajstić information content (AvgIpc) is 2.81. The summed E-state index contributed by atoms with van der Waals surface area (Å²) in [4.78, 5) is 22.4. The first-order valence-electron chi connectivity index (χ1n) is 6.45. The van der Waals surface area contributed by atoms with Gasteiger partial charge >= 0.3 is 12.0 Å². The molecule has 0 aromatic heterocycles. The summed E-state index contributed by atoms with van der Waals surface area (Å²) >= 11 is 0. The molecule has 0 aromatic carbocycles. The van der Waals surface area contributed by atoms with E-state index in [9.17, 15) is 9.59 Å². The second-order valence-electron chi connectivity index (χ2n) is 4.85. The Morgan fingerprint density at radius 3 is 2.39 bits per heavy atom. The molecule has 1 aliphatic rings. The number of carbonyl (C=O) groups is 2. The Kier molecular flexibility index (Phi) is 5.91. The van der Waals surface area contributed by atoms with Crippen molar-refractivity contribution in [3.05, 3.63) is 0 Å². The van der Waals surface area contributed by atoms with E-state index in [2.05, 4.69) is 10.6 Å². The van der Waals surface area contributed by atoms with Gasteiger partial charge in [-0.25, -0.2) is 9.59 Å². The number of hydrogen-bond donors (Lipinski definition) is 4. The van der Waals surface area contributed by atoms with E-state index in [-0.39, 0.29) is 19.1 Å². The highest BCUT2D eigenvalue weighted by Gasteiger charge is 2.24. The normalized spacial score (nSPS) is 19.2. The van der Waals surface area contributed by atoms with E-state index in [0.717, 1.165) is 12.8 Å². The number of rotatable bonds is 6. The summed E-state index contributed by atoms with van der Waals surface area (Å²) in [6.45, 7) is 1.67. The van der Waals surface area contributed by atoms with Crippen LogP contribution in [0.15, 0.2) is 0 Å². The van der Waals surface area contributed by atoms with Crippen LogP contribution in [0.25, 0.3) is 0 Å². The van der Waals surface area contributed by atoms with E-state index < -0.39 is 18.0 Å². The van der Waals surface area contributed by atoms with Crippen molar-refractivity contribution >= 4 is 12.0 Å². The van der Waals surface area contributed by atoms with Gasteiger partial charge in [0.15, 0.2) is 0 Å². The first-order valence-corrected chi connectivity index (χ1v) is 6.45. The maximum Gasteiger partial charge on any atom is 0.326 e. The summed E-state index contributed by atoms with van der Waals surface area (Å²) in [5, 5.41) is 22.7. The van der Waals surface area contributed by atoms with Crippen molar-refractivity contribution in [3.8, 4) is 0 Å². The van der Waals surface area contributed by atoms with E-state index in [1.807, 2.05) is 6.92 Å². The van der Waals surface area contributed by atoms with Gasteiger partial charge in [0.1, 0.15) is 6.04 Å². The maximum atomic E-state index is 11.6. The van der Waals surface area contributed by atoms with E-state index in [1.165, 1.54) is 12.8 Å². The van der Waals surface area contributed by atoms with Crippen LogP contribution >= 0.6 is 0 Å². The molecule has 18 heavy (non-hydrogen) atoms. The molecule has 1 aliphatic carbocycles. The highest BCUT2D eigenvalue weighted by atomic mass is 16.4. The smallest absolute Gasteiger partial charge is 0.326 e. The van der Waals surface area contributed by atoms with Gasteiger partial charge in [-0.3, -0.25) is 0 Å². The zero-order valence-electron chi connectivity index (χ0n) is 10.7. The molecular formula is C12H22N2O4. The molecule has 1 rings (SSSR count). The van der Waals surface area contributed by atoms with Gasteiger partial charge in [0, 0.05) is 19.1 Å². The van der Waals surface area contributed by atoms with Crippen LogP contribution < -0.4 is 10.6 Å². The number of aliphatic carboxylic acids is 1. The molecule has 4 N–H and O–H groups in total. The quantitative estimate of drug-likeness (QED) is 0.563. The summed E-state index contributed by atoms with van der Waals surface area (Å²) in [5.41, 5.74) is 0. The number of urea groups is 1. The molecular weight excluding hydrogens is 236 g/mol. The lowest BCUT2D eigenvalue weighted by Crippen LogP contribution is -2.50. The molecule has 2 atom stereocenters. The number of aliphatic hydroxyl groups is 1. The molecule has 6 nitrogen and oxygen atoms in total. The van der Waals surface area contributed by atoms with Crippen LogP contribution in [0, 0.1) is 5.92 Å². The lowest BCUT2D eigenvalue weighted by Gasteiger charge is -2.22. The maximum absolute atomic E-state index is 11.6. The van der Waals surface area contributed by atoms with Crippen molar-refractivity contribution in [2.75, 3.05) is 6.61 Å². The molecule has 0 heterocycles. The molecule has 2 amide bonds. The van der Waals surface area contributed by atoms with Crippen LogP contribution in [0.1, 0.15) is 39.0 Å². The number of amides is 2.